The van der Waals surface area contributed by atoms with E-state index in [1.165, 1.54) is 6.42 Å². The molecule has 110 valence electrons. The van der Waals surface area contributed by atoms with Crippen LogP contribution in [0.3, 0.4) is 0 Å². The van der Waals surface area contributed by atoms with Crippen molar-refractivity contribution in [3.05, 3.63) is 42.5 Å². The van der Waals surface area contributed by atoms with Gasteiger partial charge >= 0.3 is 0 Å². The molecule has 5 heteroatoms. The van der Waals surface area contributed by atoms with Crippen molar-refractivity contribution >= 4 is 18.3 Å². The maximum Gasteiger partial charge on any atom is 0.251 e. The summed E-state index contributed by atoms with van der Waals surface area (Å²) in [6.07, 6.45) is 4.01. The van der Waals surface area contributed by atoms with E-state index in [-0.39, 0.29) is 18.3 Å². The lowest BCUT2D eigenvalue weighted by molar-refractivity contribution is 0.0950. The third-order valence-corrected chi connectivity index (χ3v) is 3.16. The molecule has 0 aliphatic carbocycles. The second-order valence-corrected chi connectivity index (χ2v) is 4.63. The van der Waals surface area contributed by atoms with Crippen LogP contribution in [-0.2, 0) is 0 Å². The average Bonchev–Trinajstić information content (AvgIpc) is 2.96. The van der Waals surface area contributed by atoms with E-state index in [1.807, 2.05) is 0 Å². The summed E-state index contributed by atoms with van der Waals surface area (Å²) in [5.41, 5.74) is 0.656. The Balaban J connectivity index is 0.00000200. The zero-order valence-corrected chi connectivity index (χ0v) is 12.2. The number of carbonyl (C=O) groups excluding carboxylic acids is 1. The van der Waals surface area contributed by atoms with Crippen molar-refractivity contribution in [2.75, 3.05) is 19.7 Å². The number of halogens is 1. The van der Waals surface area contributed by atoms with Gasteiger partial charge in [0, 0.05) is 18.2 Å². The van der Waals surface area contributed by atoms with E-state index in [1.54, 1.807) is 30.3 Å². The van der Waals surface area contributed by atoms with Crippen LogP contribution < -0.4 is 15.4 Å². The zero-order chi connectivity index (χ0) is 13.5. The molecule has 2 N–H and O–H groups in total. The molecule has 1 aromatic carbocycles. The molecule has 1 aliphatic rings. The van der Waals surface area contributed by atoms with Crippen LogP contribution >= 0.6 is 12.4 Å². The first-order chi connectivity index (χ1) is 9.29. The van der Waals surface area contributed by atoms with Gasteiger partial charge in [-0.2, -0.15) is 0 Å². The number of nitrogens with one attached hydrogen (secondary N) is 2. The molecular formula is C15H21ClN2O2. The van der Waals surface area contributed by atoms with E-state index in [0.717, 1.165) is 18.7 Å². The highest BCUT2D eigenvalue weighted by Gasteiger charge is 2.15. The second-order valence-electron chi connectivity index (χ2n) is 4.63. The van der Waals surface area contributed by atoms with Crippen LogP contribution in [0.1, 0.15) is 23.2 Å². The Bertz CT molecular complexity index is 428. The van der Waals surface area contributed by atoms with Gasteiger partial charge in [0.1, 0.15) is 12.4 Å². The molecule has 1 fully saturated rings. The summed E-state index contributed by atoms with van der Waals surface area (Å²) in [7, 11) is 0. The molecule has 1 aliphatic heterocycles. The minimum atomic E-state index is -0.0380. The van der Waals surface area contributed by atoms with Crippen LogP contribution in [-0.4, -0.2) is 31.6 Å². The quantitative estimate of drug-likeness (QED) is 0.791. The predicted octanol–water partition coefficient (Wildman–Crippen LogP) is 2.15. The molecule has 2 rings (SSSR count). The van der Waals surface area contributed by atoms with E-state index in [2.05, 4.69) is 17.2 Å². The molecular weight excluding hydrogens is 276 g/mol. The minimum Gasteiger partial charge on any atom is -0.490 e. The first kappa shape index (κ1) is 16.5. The van der Waals surface area contributed by atoms with Crippen molar-refractivity contribution in [3.8, 4) is 5.75 Å². The van der Waals surface area contributed by atoms with Gasteiger partial charge < -0.3 is 15.4 Å². The molecule has 4 nitrogen and oxygen atoms in total. The first-order valence-corrected chi connectivity index (χ1v) is 6.65. The number of hydrogen-bond acceptors (Lipinski definition) is 3. The highest BCUT2D eigenvalue weighted by atomic mass is 35.5. The van der Waals surface area contributed by atoms with E-state index in [9.17, 15) is 4.79 Å². The van der Waals surface area contributed by atoms with E-state index < -0.39 is 0 Å². The minimum absolute atomic E-state index is 0. The first-order valence-electron chi connectivity index (χ1n) is 6.65. The van der Waals surface area contributed by atoms with Gasteiger partial charge in [-0.1, -0.05) is 12.7 Å². The summed E-state index contributed by atoms with van der Waals surface area (Å²) in [4.78, 5) is 11.9. The molecule has 1 atom stereocenters. The number of carbonyl (C=O) groups is 1. The van der Waals surface area contributed by atoms with E-state index >= 15 is 0 Å². The van der Waals surface area contributed by atoms with Crippen molar-refractivity contribution in [3.63, 3.8) is 0 Å². The van der Waals surface area contributed by atoms with Crippen molar-refractivity contribution in [2.24, 2.45) is 0 Å². The van der Waals surface area contributed by atoms with E-state index in [4.69, 9.17) is 4.74 Å². The van der Waals surface area contributed by atoms with Crippen molar-refractivity contribution in [1.82, 2.24) is 10.6 Å². The van der Waals surface area contributed by atoms with Gasteiger partial charge in [0.25, 0.3) is 5.91 Å². The number of hydrogen-bond donors (Lipinski definition) is 2. The lowest BCUT2D eigenvalue weighted by atomic mass is 10.2. The third-order valence-electron chi connectivity index (χ3n) is 3.16. The van der Waals surface area contributed by atoms with Crippen LogP contribution in [0.2, 0.25) is 0 Å². The summed E-state index contributed by atoms with van der Waals surface area (Å²) in [5.74, 6) is 0.706. The third kappa shape index (κ3) is 4.87. The maximum atomic E-state index is 11.9. The Morgan fingerprint density at radius 3 is 2.80 bits per heavy atom. The summed E-state index contributed by atoms with van der Waals surface area (Å²) in [6.45, 7) is 5.80. The fourth-order valence-corrected chi connectivity index (χ4v) is 2.11. The number of rotatable bonds is 6. The number of amides is 1. The number of benzene rings is 1. The molecule has 0 bridgehead atoms. The van der Waals surface area contributed by atoms with Gasteiger partial charge in [-0.05, 0) is 43.7 Å². The number of ether oxygens (including phenoxy) is 1. The molecule has 1 saturated heterocycles. The fraction of sp³-hybridized carbons (Fsp3) is 0.400. The molecule has 1 amide bonds. The summed E-state index contributed by atoms with van der Waals surface area (Å²) in [6, 6.07) is 7.56. The molecule has 1 aromatic rings. The van der Waals surface area contributed by atoms with E-state index in [0.29, 0.717) is 24.8 Å². The van der Waals surface area contributed by atoms with Crippen LogP contribution in [0, 0.1) is 0 Å². The van der Waals surface area contributed by atoms with Gasteiger partial charge in [-0.15, -0.1) is 12.4 Å². The molecule has 0 radical (unpaired) electrons. The molecule has 0 spiro atoms. The molecule has 0 aromatic heterocycles. The summed E-state index contributed by atoms with van der Waals surface area (Å²) >= 11 is 0. The monoisotopic (exact) mass is 296 g/mol. The van der Waals surface area contributed by atoms with Gasteiger partial charge in [-0.25, -0.2) is 0 Å². The summed E-state index contributed by atoms with van der Waals surface area (Å²) < 4.78 is 5.37. The van der Waals surface area contributed by atoms with Crippen LogP contribution in [0.5, 0.6) is 5.75 Å². The van der Waals surface area contributed by atoms with Gasteiger partial charge in [-0.3, -0.25) is 4.79 Å². The predicted molar refractivity (Wildman–Crippen MR) is 82.7 cm³/mol. The Morgan fingerprint density at radius 2 is 2.20 bits per heavy atom. The molecule has 0 saturated carbocycles. The average molecular weight is 297 g/mol. The maximum absolute atomic E-state index is 11.9. The highest BCUT2D eigenvalue weighted by Crippen LogP contribution is 2.12. The Labute approximate surface area is 126 Å². The van der Waals surface area contributed by atoms with Crippen LogP contribution in [0.4, 0.5) is 0 Å². The highest BCUT2D eigenvalue weighted by molar-refractivity contribution is 5.94. The Kier molecular flexibility index (Phi) is 7.12. The van der Waals surface area contributed by atoms with Crippen LogP contribution in [0.25, 0.3) is 0 Å². The Morgan fingerprint density at radius 1 is 1.45 bits per heavy atom. The largest absolute Gasteiger partial charge is 0.490 e. The second kappa shape index (κ2) is 8.61. The van der Waals surface area contributed by atoms with Crippen molar-refractivity contribution in [2.45, 2.75) is 18.9 Å². The smallest absolute Gasteiger partial charge is 0.251 e. The lowest BCUT2D eigenvalue weighted by Crippen LogP contribution is -2.37. The SMILES string of the molecule is C=CCOc1ccc(C(=O)NCC2CCCN2)cc1.Cl. The van der Waals surface area contributed by atoms with Crippen molar-refractivity contribution < 1.29 is 9.53 Å². The lowest BCUT2D eigenvalue weighted by Gasteiger charge is -2.11. The van der Waals surface area contributed by atoms with Gasteiger partial charge in [0.15, 0.2) is 0 Å². The molecule has 1 unspecified atom stereocenters. The van der Waals surface area contributed by atoms with Crippen molar-refractivity contribution in [1.29, 1.82) is 0 Å². The van der Waals surface area contributed by atoms with Gasteiger partial charge in [0.05, 0.1) is 0 Å². The topological polar surface area (TPSA) is 50.4 Å². The van der Waals surface area contributed by atoms with Crippen LogP contribution in [0.15, 0.2) is 36.9 Å². The zero-order valence-electron chi connectivity index (χ0n) is 11.4. The summed E-state index contributed by atoms with van der Waals surface area (Å²) in [5, 5.41) is 6.30. The normalized spacial score (nSPS) is 17.1. The Hall–Kier alpha value is -1.52. The molecule has 1 heterocycles. The van der Waals surface area contributed by atoms with Gasteiger partial charge in [0.2, 0.25) is 0 Å². The fourth-order valence-electron chi connectivity index (χ4n) is 2.11. The molecule has 20 heavy (non-hydrogen) atoms. The standard InChI is InChI=1S/C15H20N2O2.ClH/c1-2-10-19-14-7-5-12(6-8-14)15(18)17-11-13-4-3-9-16-13;/h2,5-8,13,16H,1,3-4,9-11H2,(H,17,18);1H.